The van der Waals surface area contributed by atoms with Crippen LogP contribution in [0.2, 0.25) is 25.7 Å². The topological polar surface area (TPSA) is 89.5 Å². The SMILES string of the molecule is C[Si](C)(C)CCO[C@@H]1O[C@@H]2COC(c3ccccc3)O[C@H]2[C@H](OC(=O)c2ccccc2)[C@H]1OC(=O)c1ccccc1. The Kier molecular flexibility index (Phi) is 9.31. The van der Waals surface area contributed by atoms with Crippen molar-refractivity contribution in [2.45, 2.75) is 62.7 Å². The molecule has 0 N–H and O–H groups in total. The predicted octanol–water partition coefficient (Wildman–Crippen LogP) is 5.63. The summed E-state index contributed by atoms with van der Waals surface area (Å²) in [5, 5.41) is 0. The van der Waals surface area contributed by atoms with Gasteiger partial charge in [-0.3, -0.25) is 0 Å². The van der Waals surface area contributed by atoms with Crippen LogP contribution < -0.4 is 0 Å². The lowest BCUT2D eigenvalue weighted by Crippen LogP contribution is -2.64. The maximum Gasteiger partial charge on any atom is 0.338 e. The van der Waals surface area contributed by atoms with E-state index in [0.29, 0.717) is 17.7 Å². The van der Waals surface area contributed by atoms with Gasteiger partial charge in [-0.2, -0.15) is 0 Å². The fraction of sp³-hybridized carbons (Fsp3) is 0.375. The first-order chi connectivity index (χ1) is 19.8. The Hall–Kier alpha value is -3.34. The lowest BCUT2D eigenvalue weighted by atomic mass is 9.97. The number of ether oxygens (including phenoxy) is 6. The van der Waals surface area contributed by atoms with E-state index in [4.69, 9.17) is 28.4 Å². The molecule has 1 unspecified atom stereocenters. The summed E-state index contributed by atoms with van der Waals surface area (Å²) in [6.45, 7) is 7.33. The maximum atomic E-state index is 13.4. The molecule has 6 atom stereocenters. The molecule has 216 valence electrons. The van der Waals surface area contributed by atoms with Crippen LogP contribution in [0.25, 0.3) is 0 Å². The number of fused-ring (bicyclic) bond motifs is 1. The molecule has 0 aliphatic carbocycles. The molecule has 2 aliphatic rings. The van der Waals surface area contributed by atoms with Gasteiger partial charge in [0.15, 0.2) is 24.8 Å². The van der Waals surface area contributed by atoms with Gasteiger partial charge in [-0.25, -0.2) is 9.59 Å². The number of rotatable bonds is 9. The van der Waals surface area contributed by atoms with Crippen molar-refractivity contribution in [3.05, 3.63) is 108 Å². The Bertz CT molecular complexity index is 1280. The predicted molar refractivity (Wildman–Crippen MR) is 154 cm³/mol. The van der Waals surface area contributed by atoms with Crippen LogP contribution in [0.3, 0.4) is 0 Å². The average Bonchev–Trinajstić information content (AvgIpc) is 2.99. The molecule has 2 aliphatic heterocycles. The third-order valence-electron chi connectivity index (χ3n) is 6.99. The molecule has 0 bridgehead atoms. The Morgan fingerprint density at radius 2 is 1.29 bits per heavy atom. The van der Waals surface area contributed by atoms with Gasteiger partial charge in [-0.1, -0.05) is 86.4 Å². The van der Waals surface area contributed by atoms with Crippen LogP contribution in [-0.2, 0) is 28.4 Å². The zero-order chi connectivity index (χ0) is 28.8. The van der Waals surface area contributed by atoms with Crippen LogP contribution >= 0.6 is 0 Å². The molecule has 5 rings (SSSR count). The molecule has 3 aromatic rings. The Labute approximate surface area is 241 Å². The Balaban J connectivity index is 1.47. The van der Waals surface area contributed by atoms with E-state index in [1.54, 1.807) is 48.5 Å². The van der Waals surface area contributed by atoms with Gasteiger partial charge in [0, 0.05) is 20.2 Å². The van der Waals surface area contributed by atoms with E-state index in [0.717, 1.165) is 11.6 Å². The molecule has 0 amide bonds. The van der Waals surface area contributed by atoms with Gasteiger partial charge >= 0.3 is 11.9 Å². The summed E-state index contributed by atoms with van der Waals surface area (Å²) in [6, 6.07) is 27.7. The van der Waals surface area contributed by atoms with Crippen molar-refractivity contribution in [3.8, 4) is 0 Å². The minimum absolute atomic E-state index is 0.177. The second-order valence-corrected chi connectivity index (χ2v) is 17.0. The van der Waals surface area contributed by atoms with Gasteiger partial charge in [-0.05, 0) is 30.3 Å². The number of hydrogen-bond donors (Lipinski definition) is 0. The first-order valence-electron chi connectivity index (χ1n) is 13.9. The fourth-order valence-corrected chi connectivity index (χ4v) is 5.46. The molecule has 2 saturated heterocycles. The first-order valence-corrected chi connectivity index (χ1v) is 17.6. The van der Waals surface area contributed by atoms with E-state index in [2.05, 4.69) is 19.6 Å². The van der Waals surface area contributed by atoms with Crippen molar-refractivity contribution in [1.82, 2.24) is 0 Å². The minimum atomic E-state index is -1.44. The molecule has 8 nitrogen and oxygen atoms in total. The summed E-state index contributed by atoms with van der Waals surface area (Å²) in [6.07, 6.45) is -5.23. The molecule has 0 aromatic heterocycles. The van der Waals surface area contributed by atoms with Crippen molar-refractivity contribution >= 4 is 20.0 Å². The number of benzene rings is 3. The second-order valence-electron chi connectivity index (χ2n) is 11.4. The monoisotopic (exact) mass is 576 g/mol. The van der Waals surface area contributed by atoms with Crippen molar-refractivity contribution in [1.29, 1.82) is 0 Å². The lowest BCUT2D eigenvalue weighted by molar-refractivity contribution is -0.359. The average molecular weight is 577 g/mol. The highest BCUT2D eigenvalue weighted by atomic mass is 28.3. The third-order valence-corrected chi connectivity index (χ3v) is 8.70. The quantitative estimate of drug-likeness (QED) is 0.239. The van der Waals surface area contributed by atoms with Gasteiger partial charge in [0.25, 0.3) is 0 Å². The molecular formula is C32H36O8Si. The Morgan fingerprint density at radius 1 is 0.756 bits per heavy atom. The fourth-order valence-electron chi connectivity index (χ4n) is 4.73. The molecule has 41 heavy (non-hydrogen) atoms. The van der Waals surface area contributed by atoms with E-state index in [1.807, 2.05) is 42.5 Å². The number of carbonyl (C=O) groups excluding carboxylic acids is 2. The minimum Gasteiger partial charge on any atom is -0.452 e. The van der Waals surface area contributed by atoms with E-state index in [1.165, 1.54) is 0 Å². The van der Waals surface area contributed by atoms with E-state index in [-0.39, 0.29) is 6.61 Å². The lowest BCUT2D eigenvalue weighted by Gasteiger charge is -2.48. The standard InChI is InChI=1S/C32H36O8Si/c1-41(2,3)20-19-35-32-28(39-30(34)23-15-9-5-10-16-23)27(38-29(33)22-13-7-4-8-14-22)26-25(37-32)21-36-31(40-26)24-17-11-6-12-18-24/h4-18,25-28,31-32H,19-21H2,1-3H3/t25-,26-,27+,28-,31?,32-/m1/s1. The van der Waals surface area contributed by atoms with Crippen molar-refractivity contribution in [3.63, 3.8) is 0 Å². The normalized spacial score (nSPS) is 26.0. The summed E-state index contributed by atoms with van der Waals surface area (Å²) in [4.78, 5) is 26.7. The molecular weight excluding hydrogens is 540 g/mol. The van der Waals surface area contributed by atoms with Gasteiger partial charge < -0.3 is 28.4 Å². The van der Waals surface area contributed by atoms with Crippen molar-refractivity contribution in [2.75, 3.05) is 13.2 Å². The van der Waals surface area contributed by atoms with E-state index in [9.17, 15) is 9.59 Å². The van der Waals surface area contributed by atoms with Crippen LogP contribution in [0.5, 0.6) is 0 Å². The molecule has 0 radical (unpaired) electrons. The number of hydrogen-bond acceptors (Lipinski definition) is 8. The third kappa shape index (κ3) is 7.49. The maximum absolute atomic E-state index is 13.4. The van der Waals surface area contributed by atoms with Crippen LogP contribution in [-0.4, -0.2) is 63.9 Å². The summed E-state index contributed by atoms with van der Waals surface area (Å²) in [5.74, 6) is -1.15. The summed E-state index contributed by atoms with van der Waals surface area (Å²) in [7, 11) is -1.44. The summed E-state index contributed by atoms with van der Waals surface area (Å²) in [5.41, 5.74) is 1.54. The van der Waals surface area contributed by atoms with E-state index < -0.39 is 57.0 Å². The van der Waals surface area contributed by atoms with Gasteiger partial charge in [0.05, 0.1) is 17.7 Å². The highest BCUT2D eigenvalue weighted by Crippen LogP contribution is 2.37. The van der Waals surface area contributed by atoms with Gasteiger partial charge in [0.1, 0.15) is 12.2 Å². The van der Waals surface area contributed by atoms with Gasteiger partial charge in [0.2, 0.25) is 0 Å². The molecule has 0 saturated carbocycles. The van der Waals surface area contributed by atoms with Crippen LogP contribution in [0.15, 0.2) is 91.0 Å². The molecule has 2 heterocycles. The summed E-state index contributed by atoms with van der Waals surface area (Å²) < 4.78 is 37.1. The highest BCUT2D eigenvalue weighted by Gasteiger charge is 2.54. The first kappa shape index (κ1) is 29.2. The van der Waals surface area contributed by atoms with Crippen LogP contribution in [0, 0.1) is 0 Å². The van der Waals surface area contributed by atoms with Crippen molar-refractivity contribution < 1.29 is 38.0 Å². The summed E-state index contributed by atoms with van der Waals surface area (Å²) >= 11 is 0. The number of carbonyl (C=O) groups is 2. The van der Waals surface area contributed by atoms with Gasteiger partial charge in [-0.15, -0.1) is 0 Å². The largest absolute Gasteiger partial charge is 0.452 e. The molecule has 2 fully saturated rings. The van der Waals surface area contributed by atoms with E-state index >= 15 is 0 Å². The molecule has 9 heteroatoms. The number of esters is 2. The Morgan fingerprint density at radius 3 is 1.85 bits per heavy atom. The van der Waals surface area contributed by atoms with Crippen LogP contribution in [0.1, 0.15) is 32.6 Å². The zero-order valence-corrected chi connectivity index (χ0v) is 24.5. The second kappa shape index (κ2) is 13.1. The highest BCUT2D eigenvalue weighted by molar-refractivity contribution is 6.76. The zero-order valence-electron chi connectivity index (χ0n) is 23.5. The molecule has 0 spiro atoms. The molecule has 3 aromatic carbocycles. The smallest absolute Gasteiger partial charge is 0.338 e. The van der Waals surface area contributed by atoms with Crippen LogP contribution in [0.4, 0.5) is 0 Å². The van der Waals surface area contributed by atoms with Crippen molar-refractivity contribution in [2.24, 2.45) is 0 Å².